The van der Waals surface area contributed by atoms with Crippen LogP contribution in [0.2, 0.25) is 0 Å². The molecule has 0 radical (unpaired) electrons. The summed E-state index contributed by atoms with van der Waals surface area (Å²) in [5.74, 6) is 0.0413. The zero-order chi connectivity index (χ0) is 11.5. The third kappa shape index (κ3) is 2.13. The molecule has 2 aromatic rings. The fourth-order valence-electron chi connectivity index (χ4n) is 1.32. The highest BCUT2D eigenvalue weighted by Gasteiger charge is 2.11. The minimum atomic E-state index is -0.655. The molecule has 0 aliphatic rings. The van der Waals surface area contributed by atoms with E-state index >= 15 is 0 Å². The van der Waals surface area contributed by atoms with E-state index in [0.717, 1.165) is 11.1 Å². The number of rotatable bonds is 3. The first kappa shape index (κ1) is 10.9. The minimum Gasteiger partial charge on any atom is -0.351 e. The van der Waals surface area contributed by atoms with Crippen LogP contribution in [0.25, 0.3) is 11.3 Å². The Labute approximate surface area is 97.0 Å². The van der Waals surface area contributed by atoms with E-state index in [1.165, 1.54) is 6.07 Å². The first-order chi connectivity index (χ1) is 7.70. The van der Waals surface area contributed by atoms with Crippen molar-refractivity contribution in [3.8, 4) is 11.3 Å². The molecular weight excluding hydrogens is 228 g/mol. The van der Waals surface area contributed by atoms with Crippen molar-refractivity contribution in [2.24, 2.45) is 5.73 Å². The first-order valence-electron chi connectivity index (χ1n) is 4.66. The molecule has 1 aromatic carbocycles. The Hall–Kier alpha value is -1.65. The molecule has 1 aromatic heterocycles. The van der Waals surface area contributed by atoms with Gasteiger partial charge >= 0.3 is 0 Å². The Morgan fingerprint density at radius 2 is 2.06 bits per heavy atom. The third-order valence-corrected chi connectivity index (χ3v) is 2.38. The number of nitrogens with two attached hydrogens (primary N) is 1. The normalized spacial score (nSPS) is 10.4. The van der Waals surface area contributed by atoms with Crippen molar-refractivity contribution in [1.29, 1.82) is 0 Å². The van der Waals surface area contributed by atoms with Gasteiger partial charge in [0.2, 0.25) is 5.76 Å². The van der Waals surface area contributed by atoms with E-state index in [1.807, 2.05) is 24.3 Å². The molecule has 0 saturated carbocycles. The lowest BCUT2D eigenvalue weighted by Crippen LogP contribution is -1.95. The van der Waals surface area contributed by atoms with Crippen molar-refractivity contribution in [3.63, 3.8) is 0 Å². The van der Waals surface area contributed by atoms with Crippen LogP contribution in [0.5, 0.6) is 0 Å². The first-order valence-corrected chi connectivity index (χ1v) is 5.04. The summed E-state index contributed by atoms with van der Waals surface area (Å²) in [7, 11) is 0. The number of benzene rings is 1. The van der Waals surface area contributed by atoms with Gasteiger partial charge in [-0.3, -0.25) is 4.79 Å². The number of carbonyl (C=O) groups is 1. The van der Waals surface area contributed by atoms with E-state index in [9.17, 15) is 4.79 Å². The van der Waals surface area contributed by atoms with Crippen LogP contribution < -0.4 is 5.73 Å². The minimum absolute atomic E-state index is 0.0413. The summed E-state index contributed by atoms with van der Waals surface area (Å²) >= 11 is 5.26. The van der Waals surface area contributed by atoms with Crippen LogP contribution in [-0.2, 0) is 6.54 Å². The molecule has 0 unspecified atom stereocenters. The molecular formula is C11H9ClN2O2. The van der Waals surface area contributed by atoms with Crippen LogP contribution in [0.3, 0.4) is 0 Å². The van der Waals surface area contributed by atoms with Gasteiger partial charge in [-0.05, 0) is 17.2 Å². The van der Waals surface area contributed by atoms with Gasteiger partial charge in [0.1, 0.15) is 5.69 Å². The second kappa shape index (κ2) is 4.47. The van der Waals surface area contributed by atoms with E-state index < -0.39 is 5.24 Å². The van der Waals surface area contributed by atoms with Crippen LogP contribution in [0.4, 0.5) is 0 Å². The molecule has 0 amide bonds. The highest BCUT2D eigenvalue weighted by atomic mass is 35.5. The molecule has 82 valence electrons. The highest BCUT2D eigenvalue weighted by Crippen LogP contribution is 2.20. The van der Waals surface area contributed by atoms with Crippen molar-refractivity contribution >= 4 is 16.8 Å². The molecule has 5 heteroatoms. The van der Waals surface area contributed by atoms with Crippen LogP contribution in [-0.4, -0.2) is 10.4 Å². The molecule has 0 aliphatic heterocycles. The predicted molar refractivity (Wildman–Crippen MR) is 60.0 cm³/mol. The summed E-state index contributed by atoms with van der Waals surface area (Å²) in [6.45, 7) is 0.491. The van der Waals surface area contributed by atoms with Crippen LogP contribution in [0, 0.1) is 0 Å². The lowest BCUT2D eigenvalue weighted by molar-refractivity contribution is 0.104. The van der Waals surface area contributed by atoms with Crippen molar-refractivity contribution in [3.05, 3.63) is 41.7 Å². The molecule has 0 saturated heterocycles. The molecule has 2 rings (SSSR count). The molecule has 2 N–H and O–H groups in total. The molecule has 0 atom stereocenters. The second-order valence-electron chi connectivity index (χ2n) is 3.25. The molecule has 16 heavy (non-hydrogen) atoms. The van der Waals surface area contributed by atoms with E-state index in [2.05, 4.69) is 5.16 Å². The fraction of sp³-hybridized carbons (Fsp3) is 0.0909. The van der Waals surface area contributed by atoms with Crippen molar-refractivity contribution < 1.29 is 9.32 Å². The summed E-state index contributed by atoms with van der Waals surface area (Å²) < 4.78 is 4.78. The summed E-state index contributed by atoms with van der Waals surface area (Å²) in [4.78, 5) is 10.8. The lowest BCUT2D eigenvalue weighted by Gasteiger charge is -1.97. The Balaban J connectivity index is 2.31. The van der Waals surface area contributed by atoms with Gasteiger partial charge in [0.15, 0.2) is 0 Å². The zero-order valence-electron chi connectivity index (χ0n) is 8.31. The molecule has 0 spiro atoms. The molecule has 4 nitrogen and oxygen atoms in total. The predicted octanol–water partition coefficient (Wildman–Crippen LogP) is 2.18. The molecule has 0 aliphatic carbocycles. The van der Waals surface area contributed by atoms with E-state index in [4.69, 9.17) is 21.9 Å². The van der Waals surface area contributed by atoms with Gasteiger partial charge in [-0.2, -0.15) is 0 Å². The van der Waals surface area contributed by atoms with Gasteiger partial charge in [0.05, 0.1) is 0 Å². The van der Waals surface area contributed by atoms with Crippen LogP contribution in [0.1, 0.15) is 16.1 Å². The number of nitrogens with zero attached hydrogens (tertiary/aromatic N) is 1. The monoisotopic (exact) mass is 236 g/mol. The average Bonchev–Trinajstić information content (AvgIpc) is 2.78. The summed E-state index contributed by atoms with van der Waals surface area (Å²) in [6, 6.07) is 9.02. The van der Waals surface area contributed by atoms with Crippen molar-refractivity contribution in [2.75, 3.05) is 0 Å². The van der Waals surface area contributed by atoms with Crippen LogP contribution >= 0.6 is 11.6 Å². The number of halogens is 1. The van der Waals surface area contributed by atoms with Gasteiger partial charge in [-0.25, -0.2) is 0 Å². The highest BCUT2D eigenvalue weighted by molar-refractivity contribution is 6.67. The second-order valence-corrected chi connectivity index (χ2v) is 3.59. The largest absolute Gasteiger partial charge is 0.351 e. The Kier molecular flexibility index (Phi) is 3.03. The topological polar surface area (TPSA) is 69.1 Å². The third-order valence-electron chi connectivity index (χ3n) is 2.19. The van der Waals surface area contributed by atoms with Gasteiger partial charge in [0.25, 0.3) is 5.24 Å². The molecule has 1 heterocycles. The number of carbonyl (C=O) groups excluding carboxylic acids is 1. The van der Waals surface area contributed by atoms with Gasteiger partial charge in [0, 0.05) is 18.2 Å². The van der Waals surface area contributed by atoms with E-state index in [0.29, 0.717) is 12.2 Å². The zero-order valence-corrected chi connectivity index (χ0v) is 9.07. The average molecular weight is 237 g/mol. The summed E-state index contributed by atoms with van der Waals surface area (Å²) in [5, 5.41) is 3.10. The maximum atomic E-state index is 10.8. The summed E-state index contributed by atoms with van der Waals surface area (Å²) in [5.41, 5.74) is 7.94. The van der Waals surface area contributed by atoms with Gasteiger partial charge in [-0.15, -0.1) is 0 Å². The van der Waals surface area contributed by atoms with Gasteiger partial charge < -0.3 is 10.3 Å². The smallest absolute Gasteiger partial charge is 0.290 e. The van der Waals surface area contributed by atoms with E-state index in [-0.39, 0.29) is 5.76 Å². The Bertz CT molecular complexity index is 505. The van der Waals surface area contributed by atoms with Crippen molar-refractivity contribution in [2.45, 2.75) is 6.54 Å². The van der Waals surface area contributed by atoms with Gasteiger partial charge in [-0.1, -0.05) is 29.4 Å². The number of hydrogen-bond donors (Lipinski definition) is 1. The fourth-order valence-corrected chi connectivity index (χ4v) is 1.40. The van der Waals surface area contributed by atoms with Crippen LogP contribution in [0.15, 0.2) is 34.9 Å². The molecule has 0 bridgehead atoms. The summed E-state index contributed by atoms with van der Waals surface area (Å²) in [6.07, 6.45) is 0. The number of hydrogen-bond acceptors (Lipinski definition) is 4. The SMILES string of the molecule is NCc1ccc(-c2cc(C(=O)Cl)on2)cc1. The maximum Gasteiger partial charge on any atom is 0.290 e. The Morgan fingerprint density at radius 1 is 1.38 bits per heavy atom. The molecule has 0 fully saturated rings. The maximum absolute atomic E-state index is 10.8. The number of aromatic nitrogens is 1. The Morgan fingerprint density at radius 3 is 2.56 bits per heavy atom. The van der Waals surface area contributed by atoms with E-state index in [1.54, 1.807) is 0 Å². The van der Waals surface area contributed by atoms with Crippen molar-refractivity contribution in [1.82, 2.24) is 5.16 Å². The standard InChI is InChI=1S/C11H9ClN2O2/c12-11(15)10-5-9(14-16-10)8-3-1-7(6-13)2-4-8/h1-5H,6,13H2. The lowest BCUT2D eigenvalue weighted by atomic mass is 10.1. The quantitative estimate of drug-likeness (QED) is 0.830.